The largest absolute Gasteiger partial charge is 0.481 e. The second-order valence-electron chi connectivity index (χ2n) is 4.29. The van der Waals surface area contributed by atoms with Gasteiger partial charge in [-0.25, -0.2) is 4.79 Å². The molecule has 0 heterocycles. The third kappa shape index (κ3) is 8.22. The molecule has 0 aromatic rings. The molecule has 2 atom stereocenters. The fraction of sp³-hybridized carbons (Fsp3) is 0.833. The van der Waals surface area contributed by atoms with E-state index < -0.39 is 5.97 Å². The zero-order valence-electron chi connectivity index (χ0n) is 11.4. The summed E-state index contributed by atoms with van der Waals surface area (Å²) in [4.78, 5) is 22.2. The van der Waals surface area contributed by atoms with E-state index in [1.807, 2.05) is 20.1 Å². The number of urea groups is 1. The van der Waals surface area contributed by atoms with Crippen LogP contribution in [0.4, 0.5) is 4.79 Å². The van der Waals surface area contributed by atoms with E-state index in [4.69, 9.17) is 5.11 Å². The number of nitrogens with one attached hydrogen (secondary N) is 2. The van der Waals surface area contributed by atoms with Gasteiger partial charge in [-0.2, -0.15) is 11.8 Å². The molecular weight excluding hydrogens is 252 g/mol. The molecule has 0 aliphatic heterocycles. The smallest absolute Gasteiger partial charge is 0.315 e. The summed E-state index contributed by atoms with van der Waals surface area (Å²) in [5.41, 5.74) is 0. The number of amides is 2. The maximum Gasteiger partial charge on any atom is 0.315 e. The van der Waals surface area contributed by atoms with Crippen molar-refractivity contribution in [3.63, 3.8) is 0 Å². The van der Waals surface area contributed by atoms with Gasteiger partial charge in [-0.05, 0) is 18.6 Å². The monoisotopic (exact) mass is 276 g/mol. The molecule has 0 aliphatic carbocycles. The SMILES string of the molecule is CCC(CNC(=O)NC(CC)CSC)CC(=O)O. The number of carboxylic acid groups (broad SMARTS) is 1. The zero-order chi connectivity index (χ0) is 14.0. The van der Waals surface area contributed by atoms with Crippen molar-refractivity contribution in [2.45, 2.75) is 39.2 Å². The normalized spacial score (nSPS) is 13.7. The standard InChI is InChI=1S/C12H24N2O3S/c1-4-9(6-11(15)16)7-13-12(17)14-10(5-2)8-18-3/h9-10H,4-8H2,1-3H3,(H,15,16)(H2,13,14,17). The van der Waals surface area contributed by atoms with Gasteiger partial charge in [0.1, 0.15) is 0 Å². The fourth-order valence-corrected chi connectivity index (χ4v) is 2.27. The Labute approximate surface area is 113 Å². The second kappa shape index (κ2) is 10.1. The summed E-state index contributed by atoms with van der Waals surface area (Å²) < 4.78 is 0. The molecular formula is C12H24N2O3S. The molecule has 0 bridgehead atoms. The van der Waals surface area contributed by atoms with Gasteiger partial charge in [0.05, 0.1) is 0 Å². The van der Waals surface area contributed by atoms with Crippen LogP contribution < -0.4 is 10.6 Å². The Morgan fingerprint density at radius 3 is 2.39 bits per heavy atom. The van der Waals surface area contributed by atoms with Crippen molar-refractivity contribution in [2.24, 2.45) is 5.92 Å². The minimum Gasteiger partial charge on any atom is -0.481 e. The van der Waals surface area contributed by atoms with Crippen molar-refractivity contribution in [3.05, 3.63) is 0 Å². The first-order valence-corrected chi connectivity index (χ1v) is 7.67. The zero-order valence-corrected chi connectivity index (χ0v) is 12.2. The van der Waals surface area contributed by atoms with E-state index >= 15 is 0 Å². The quantitative estimate of drug-likeness (QED) is 0.601. The maximum atomic E-state index is 11.6. The number of carboxylic acids is 1. The van der Waals surface area contributed by atoms with Crippen LogP contribution in [0.3, 0.4) is 0 Å². The van der Waals surface area contributed by atoms with Crippen LogP contribution >= 0.6 is 11.8 Å². The van der Waals surface area contributed by atoms with Crippen molar-refractivity contribution in [3.8, 4) is 0 Å². The Morgan fingerprint density at radius 2 is 1.94 bits per heavy atom. The number of hydrogen-bond donors (Lipinski definition) is 3. The second-order valence-corrected chi connectivity index (χ2v) is 5.20. The number of thioether (sulfide) groups is 1. The first-order valence-electron chi connectivity index (χ1n) is 6.28. The lowest BCUT2D eigenvalue weighted by Gasteiger charge is -2.18. The van der Waals surface area contributed by atoms with Crippen LogP contribution in [-0.4, -0.2) is 41.7 Å². The summed E-state index contributed by atoms with van der Waals surface area (Å²) in [5.74, 6) is 0.0581. The van der Waals surface area contributed by atoms with Gasteiger partial charge in [0.2, 0.25) is 0 Å². The third-order valence-electron chi connectivity index (χ3n) is 2.79. The van der Waals surface area contributed by atoms with Crippen LogP contribution in [0.2, 0.25) is 0 Å². The van der Waals surface area contributed by atoms with Crippen LogP contribution in [0.25, 0.3) is 0 Å². The maximum absolute atomic E-state index is 11.6. The molecule has 0 spiro atoms. The highest BCUT2D eigenvalue weighted by molar-refractivity contribution is 7.98. The molecule has 0 rings (SSSR count). The summed E-state index contributed by atoms with van der Waals surface area (Å²) in [6, 6.07) is -0.0423. The number of carbonyl (C=O) groups excluding carboxylic acids is 1. The number of rotatable bonds is 9. The summed E-state index contributed by atoms with van der Waals surface area (Å²) in [6.07, 6.45) is 3.73. The van der Waals surface area contributed by atoms with Gasteiger partial charge in [0.25, 0.3) is 0 Å². The van der Waals surface area contributed by atoms with Crippen LogP contribution in [-0.2, 0) is 4.79 Å². The molecule has 0 aromatic carbocycles. The number of hydrogen-bond acceptors (Lipinski definition) is 3. The Hall–Kier alpha value is -0.910. The molecule has 106 valence electrons. The molecule has 0 aromatic heterocycles. The molecule has 0 saturated heterocycles. The lowest BCUT2D eigenvalue weighted by atomic mass is 10.0. The van der Waals surface area contributed by atoms with Gasteiger partial charge < -0.3 is 15.7 Å². The van der Waals surface area contributed by atoms with Crippen molar-refractivity contribution < 1.29 is 14.7 Å². The minimum absolute atomic E-state index is 0.00567. The van der Waals surface area contributed by atoms with E-state index in [1.54, 1.807) is 11.8 Å². The molecule has 0 fully saturated rings. The topological polar surface area (TPSA) is 78.4 Å². The summed E-state index contributed by atoms with van der Waals surface area (Å²) in [5, 5.41) is 14.3. The summed E-state index contributed by atoms with van der Waals surface area (Å²) in [6.45, 7) is 4.36. The molecule has 0 radical (unpaired) electrons. The van der Waals surface area contributed by atoms with Gasteiger partial charge in [-0.3, -0.25) is 4.79 Å². The van der Waals surface area contributed by atoms with Gasteiger partial charge in [-0.1, -0.05) is 20.3 Å². The van der Waals surface area contributed by atoms with Crippen LogP contribution in [0, 0.1) is 5.92 Å². The first-order chi connectivity index (χ1) is 8.53. The Kier molecular flexibility index (Phi) is 9.55. The van der Waals surface area contributed by atoms with Crippen LogP contribution in [0.15, 0.2) is 0 Å². The third-order valence-corrected chi connectivity index (χ3v) is 3.52. The average molecular weight is 276 g/mol. The van der Waals surface area contributed by atoms with Crippen molar-refractivity contribution >= 4 is 23.8 Å². The van der Waals surface area contributed by atoms with Crippen LogP contribution in [0.1, 0.15) is 33.1 Å². The molecule has 0 saturated carbocycles. The highest BCUT2D eigenvalue weighted by Gasteiger charge is 2.14. The van der Waals surface area contributed by atoms with Crippen molar-refractivity contribution in [1.29, 1.82) is 0 Å². The highest BCUT2D eigenvalue weighted by atomic mass is 32.2. The summed E-state index contributed by atoms with van der Waals surface area (Å²) in [7, 11) is 0. The molecule has 18 heavy (non-hydrogen) atoms. The predicted molar refractivity (Wildman–Crippen MR) is 75.0 cm³/mol. The summed E-state index contributed by atoms with van der Waals surface area (Å²) >= 11 is 1.69. The first kappa shape index (κ1) is 17.1. The van der Waals surface area contributed by atoms with Crippen LogP contribution in [0.5, 0.6) is 0 Å². The molecule has 5 nitrogen and oxygen atoms in total. The Bertz CT molecular complexity index is 262. The van der Waals surface area contributed by atoms with E-state index in [0.29, 0.717) is 6.54 Å². The van der Waals surface area contributed by atoms with E-state index in [2.05, 4.69) is 10.6 Å². The number of carbonyl (C=O) groups is 2. The van der Waals surface area contributed by atoms with Gasteiger partial charge in [-0.15, -0.1) is 0 Å². The van der Waals surface area contributed by atoms with E-state index in [-0.39, 0.29) is 24.4 Å². The van der Waals surface area contributed by atoms with Gasteiger partial charge in [0, 0.05) is 24.8 Å². The fourth-order valence-electron chi connectivity index (χ4n) is 1.54. The molecule has 2 amide bonds. The van der Waals surface area contributed by atoms with Crippen molar-refractivity contribution in [2.75, 3.05) is 18.6 Å². The van der Waals surface area contributed by atoms with E-state index in [1.165, 1.54) is 0 Å². The van der Waals surface area contributed by atoms with E-state index in [0.717, 1.165) is 18.6 Å². The molecule has 2 unspecified atom stereocenters. The van der Waals surface area contributed by atoms with Crippen molar-refractivity contribution in [1.82, 2.24) is 10.6 Å². The number of aliphatic carboxylic acids is 1. The minimum atomic E-state index is -0.821. The molecule has 3 N–H and O–H groups in total. The van der Waals surface area contributed by atoms with Gasteiger partial charge >= 0.3 is 12.0 Å². The average Bonchev–Trinajstić information content (AvgIpc) is 2.33. The lowest BCUT2D eigenvalue weighted by Crippen LogP contribution is -2.44. The highest BCUT2D eigenvalue weighted by Crippen LogP contribution is 2.06. The Balaban J connectivity index is 3.96. The van der Waals surface area contributed by atoms with E-state index in [9.17, 15) is 9.59 Å². The predicted octanol–water partition coefficient (Wildman–Crippen LogP) is 1.93. The Morgan fingerprint density at radius 1 is 1.28 bits per heavy atom. The molecule has 6 heteroatoms. The lowest BCUT2D eigenvalue weighted by molar-refractivity contribution is -0.138. The molecule has 0 aliphatic rings. The van der Waals surface area contributed by atoms with Gasteiger partial charge in [0.15, 0.2) is 0 Å².